The van der Waals surface area contributed by atoms with Gasteiger partial charge in [-0.15, -0.1) is 0 Å². The smallest absolute Gasteiger partial charge is 0.303 e. The summed E-state index contributed by atoms with van der Waals surface area (Å²) in [6.07, 6.45) is 18.6. The molecule has 5 nitrogen and oxygen atoms in total. The summed E-state index contributed by atoms with van der Waals surface area (Å²) < 4.78 is 0. The van der Waals surface area contributed by atoms with Crippen molar-refractivity contribution in [1.29, 1.82) is 0 Å². The Morgan fingerprint density at radius 3 is 2.12 bits per heavy atom. The zero-order chi connectivity index (χ0) is 18.8. The first kappa shape index (κ1) is 23.6. The number of allylic oxidation sites excluding steroid dienone is 1. The summed E-state index contributed by atoms with van der Waals surface area (Å²) in [6, 6.07) is -0.549. The maximum atomic E-state index is 11.1. The van der Waals surface area contributed by atoms with Gasteiger partial charge in [0.25, 0.3) is 0 Å². The van der Waals surface area contributed by atoms with Gasteiger partial charge in [-0.3, -0.25) is 14.9 Å². The van der Waals surface area contributed by atoms with Crippen LogP contribution in [-0.2, 0) is 4.79 Å². The predicted molar refractivity (Wildman–Crippen MR) is 102 cm³/mol. The molecule has 146 valence electrons. The summed E-state index contributed by atoms with van der Waals surface area (Å²) in [5, 5.41) is 19.7. The molecule has 0 bridgehead atoms. The van der Waals surface area contributed by atoms with Gasteiger partial charge in [0, 0.05) is 17.8 Å². The Hall–Kier alpha value is -1.39. The van der Waals surface area contributed by atoms with E-state index in [1.807, 2.05) is 6.08 Å². The number of hydrogen-bond donors (Lipinski definition) is 1. The first-order chi connectivity index (χ1) is 12.1. The molecule has 0 heterocycles. The van der Waals surface area contributed by atoms with E-state index in [4.69, 9.17) is 5.11 Å². The maximum absolute atomic E-state index is 11.1. The van der Waals surface area contributed by atoms with E-state index in [2.05, 4.69) is 6.92 Å². The third-order valence-corrected chi connectivity index (χ3v) is 4.49. The molecule has 0 aliphatic rings. The predicted octanol–water partition coefficient (Wildman–Crippen LogP) is 6.14. The first-order valence-corrected chi connectivity index (χ1v) is 10.1. The molecular formula is C20H37NO4. The van der Waals surface area contributed by atoms with E-state index in [9.17, 15) is 14.9 Å². The maximum Gasteiger partial charge on any atom is 0.303 e. The number of carboxylic acids is 1. The largest absolute Gasteiger partial charge is 0.481 e. The van der Waals surface area contributed by atoms with E-state index in [-0.39, 0.29) is 11.3 Å². The molecular weight excluding hydrogens is 318 g/mol. The van der Waals surface area contributed by atoms with E-state index in [1.54, 1.807) is 6.08 Å². The van der Waals surface area contributed by atoms with Gasteiger partial charge in [0.1, 0.15) is 0 Å². The molecule has 0 aromatic carbocycles. The molecule has 1 N–H and O–H groups in total. The standard InChI is InChI=1S/C20H37NO4/c1-2-3-4-5-6-7-10-13-16-19(21(24)25)17-14-11-8-9-12-15-18-20(22)23/h13,16,19H,2-12,14-15,17-18H2,1H3,(H,22,23)/b16-13-. The third kappa shape index (κ3) is 17.2. The topological polar surface area (TPSA) is 80.4 Å². The van der Waals surface area contributed by atoms with Crippen LogP contribution in [0.1, 0.15) is 103 Å². The highest BCUT2D eigenvalue weighted by molar-refractivity contribution is 5.66. The van der Waals surface area contributed by atoms with Gasteiger partial charge in [-0.1, -0.05) is 70.8 Å². The summed E-state index contributed by atoms with van der Waals surface area (Å²) in [6.45, 7) is 2.21. The molecule has 0 saturated carbocycles. The fourth-order valence-electron chi connectivity index (χ4n) is 2.90. The number of aliphatic carboxylic acids is 1. The van der Waals surface area contributed by atoms with Crippen molar-refractivity contribution in [3.8, 4) is 0 Å². The lowest BCUT2D eigenvalue weighted by Gasteiger charge is -2.05. The SMILES string of the molecule is CCCCCCCC/C=C\C(CCCCCCCCC(=O)O)[N+](=O)[O-]. The van der Waals surface area contributed by atoms with Crippen LogP contribution in [0.25, 0.3) is 0 Å². The van der Waals surface area contributed by atoms with Crippen LogP contribution >= 0.6 is 0 Å². The van der Waals surface area contributed by atoms with Gasteiger partial charge >= 0.3 is 5.97 Å². The zero-order valence-corrected chi connectivity index (χ0v) is 16.0. The van der Waals surface area contributed by atoms with Crippen molar-refractivity contribution in [2.45, 2.75) is 109 Å². The van der Waals surface area contributed by atoms with Crippen LogP contribution in [0.15, 0.2) is 12.2 Å². The van der Waals surface area contributed by atoms with Crippen LogP contribution in [0.5, 0.6) is 0 Å². The lowest BCUT2D eigenvalue weighted by molar-refractivity contribution is -0.510. The molecule has 1 atom stereocenters. The quantitative estimate of drug-likeness (QED) is 0.138. The minimum Gasteiger partial charge on any atom is -0.481 e. The Kier molecular flexibility index (Phi) is 16.5. The Bertz CT molecular complexity index is 369. The minimum atomic E-state index is -0.735. The summed E-state index contributed by atoms with van der Waals surface area (Å²) in [5.74, 6) is -0.735. The molecule has 0 aromatic heterocycles. The number of hydrogen-bond acceptors (Lipinski definition) is 3. The highest BCUT2D eigenvalue weighted by Crippen LogP contribution is 2.13. The van der Waals surface area contributed by atoms with Crippen molar-refractivity contribution >= 4 is 5.97 Å². The van der Waals surface area contributed by atoms with Gasteiger partial charge in [-0.25, -0.2) is 0 Å². The molecule has 0 spiro atoms. The summed E-state index contributed by atoms with van der Waals surface area (Å²) in [7, 11) is 0. The van der Waals surface area contributed by atoms with Crippen molar-refractivity contribution in [3.05, 3.63) is 22.3 Å². The van der Waals surface area contributed by atoms with E-state index < -0.39 is 12.0 Å². The van der Waals surface area contributed by atoms with Gasteiger partial charge in [0.05, 0.1) is 0 Å². The summed E-state index contributed by atoms with van der Waals surface area (Å²) >= 11 is 0. The Labute approximate surface area is 153 Å². The summed E-state index contributed by atoms with van der Waals surface area (Å²) in [5.41, 5.74) is 0. The van der Waals surface area contributed by atoms with Crippen LogP contribution in [0.4, 0.5) is 0 Å². The molecule has 0 rings (SSSR count). The average Bonchev–Trinajstić information content (AvgIpc) is 2.57. The van der Waals surface area contributed by atoms with Crippen LogP contribution < -0.4 is 0 Å². The molecule has 0 radical (unpaired) electrons. The Balaban J connectivity index is 3.65. The molecule has 0 fully saturated rings. The van der Waals surface area contributed by atoms with Crippen LogP contribution in [-0.4, -0.2) is 22.0 Å². The molecule has 0 amide bonds. The van der Waals surface area contributed by atoms with Crippen molar-refractivity contribution in [2.75, 3.05) is 0 Å². The normalized spacial score (nSPS) is 12.5. The van der Waals surface area contributed by atoms with Gasteiger partial charge in [-0.05, 0) is 31.8 Å². The van der Waals surface area contributed by atoms with Crippen molar-refractivity contribution in [2.24, 2.45) is 0 Å². The van der Waals surface area contributed by atoms with Gasteiger partial charge < -0.3 is 5.11 Å². The van der Waals surface area contributed by atoms with Crippen molar-refractivity contribution < 1.29 is 14.8 Å². The molecule has 0 aromatic rings. The second kappa shape index (κ2) is 17.4. The first-order valence-electron chi connectivity index (χ1n) is 10.1. The molecule has 1 unspecified atom stereocenters. The number of nitro groups is 1. The lowest BCUT2D eigenvalue weighted by atomic mass is 10.0. The molecule has 25 heavy (non-hydrogen) atoms. The second-order valence-electron chi connectivity index (χ2n) is 6.89. The van der Waals surface area contributed by atoms with Gasteiger partial charge in [0.15, 0.2) is 0 Å². The van der Waals surface area contributed by atoms with E-state index in [1.165, 1.54) is 32.1 Å². The zero-order valence-electron chi connectivity index (χ0n) is 16.0. The van der Waals surface area contributed by atoms with E-state index in [0.717, 1.165) is 51.4 Å². The molecule has 0 aliphatic heterocycles. The highest BCUT2D eigenvalue weighted by Gasteiger charge is 2.14. The molecule has 0 saturated heterocycles. The van der Waals surface area contributed by atoms with Crippen molar-refractivity contribution in [1.82, 2.24) is 0 Å². The third-order valence-electron chi connectivity index (χ3n) is 4.49. The minimum absolute atomic E-state index is 0.176. The average molecular weight is 356 g/mol. The van der Waals surface area contributed by atoms with Crippen LogP contribution in [0, 0.1) is 10.1 Å². The highest BCUT2D eigenvalue weighted by atomic mass is 16.6. The molecule has 0 aliphatic carbocycles. The lowest BCUT2D eigenvalue weighted by Crippen LogP contribution is -2.16. The van der Waals surface area contributed by atoms with Gasteiger partial charge in [0.2, 0.25) is 6.04 Å². The Morgan fingerprint density at radius 2 is 1.52 bits per heavy atom. The van der Waals surface area contributed by atoms with Crippen LogP contribution in [0.3, 0.4) is 0 Å². The second-order valence-corrected chi connectivity index (χ2v) is 6.89. The van der Waals surface area contributed by atoms with E-state index >= 15 is 0 Å². The number of carboxylic acid groups (broad SMARTS) is 1. The fourth-order valence-corrected chi connectivity index (χ4v) is 2.90. The van der Waals surface area contributed by atoms with Gasteiger partial charge in [-0.2, -0.15) is 0 Å². The number of carbonyl (C=O) groups is 1. The molecule has 5 heteroatoms. The van der Waals surface area contributed by atoms with Crippen LogP contribution in [0.2, 0.25) is 0 Å². The monoisotopic (exact) mass is 355 g/mol. The van der Waals surface area contributed by atoms with Crippen molar-refractivity contribution in [3.63, 3.8) is 0 Å². The number of rotatable bonds is 18. The number of nitrogens with zero attached hydrogens (tertiary/aromatic N) is 1. The fraction of sp³-hybridized carbons (Fsp3) is 0.850. The summed E-state index contributed by atoms with van der Waals surface area (Å²) in [4.78, 5) is 21.3. The Morgan fingerprint density at radius 1 is 0.960 bits per heavy atom. The number of unbranched alkanes of at least 4 members (excludes halogenated alkanes) is 11. The van der Waals surface area contributed by atoms with E-state index in [0.29, 0.717) is 6.42 Å².